The summed E-state index contributed by atoms with van der Waals surface area (Å²) in [6.45, 7) is 11.4. The van der Waals surface area contributed by atoms with Crippen molar-refractivity contribution in [3.8, 4) is 5.69 Å². The Morgan fingerprint density at radius 1 is 1.05 bits per heavy atom. The molecule has 0 saturated carbocycles. The van der Waals surface area contributed by atoms with Gasteiger partial charge in [0.15, 0.2) is 5.69 Å². The third-order valence-corrected chi connectivity index (χ3v) is 7.19. The van der Waals surface area contributed by atoms with Gasteiger partial charge in [-0.05, 0) is 32.0 Å². The van der Waals surface area contributed by atoms with E-state index >= 15 is 0 Å². The van der Waals surface area contributed by atoms with Crippen molar-refractivity contribution < 1.29 is 22.8 Å². The summed E-state index contributed by atoms with van der Waals surface area (Å²) < 4.78 is 43.6. The number of nitrogens with zero attached hydrogens (tertiary/aromatic N) is 7. The van der Waals surface area contributed by atoms with E-state index in [0.717, 1.165) is 31.8 Å². The number of hydrogen-bond donors (Lipinski definition) is 2. The molecule has 1 aliphatic heterocycles. The third-order valence-electron chi connectivity index (χ3n) is 7.19. The first kappa shape index (κ1) is 29.6. The van der Waals surface area contributed by atoms with E-state index in [1.165, 1.54) is 18.5 Å². The van der Waals surface area contributed by atoms with Gasteiger partial charge < -0.3 is 16.0 Å². The fraction of sp³-hybridized carbons (Fsp3) is 0.310. The van der Waals surface area contributed by atoms with Crippen LogP contribution >= 0.6 is 0 Å². The molecule has 11 nitrogen and oxygen atoms in total. The SMILES string of the molecule is [C-]#[N+]c1cc(NC(=O)c2cnn(-c3cncc4ccccc34)c2C(F)(F)F)cnc1C(=O)N1CCN(CCCCN)CC1. The van der Waals surface area contributed by atoms with Crippen LogP contribution in [0.15, 0.2) is 55.1 Å². The lowest BCUT2D eigenvalue weighted by molar-refractivity contribution is -0.143. The largest absolute Gasteiger partial charge is 0.434 e. The van der Waals surface area contributed by atoms with Gasteiger partial charge in [0.25, 0.3) is 11.8 Å². The molecule has 0 bridgehead atoms. The Balaban J connectivity index is 1.35. The number of carbonyl (C=O) groups is 2. The van der Waals surface area contributed by atoms with Crippen LogP contribution in [0.5, 0.6) is 0 Å². The number of alkyl halides is 3. The summed E-state index contributed by atoms with van der Waals surface area (Å²) in [5.74, 6) is -1.52. The van der Waals surface area contributed by atoms with E-state index in [1.807, 2.05) is 0 Å². The van der Waals surface area contributed by atoms with Gasteiger partial charge in [0.05, 0.1) is 30.2 Å². The van der Waals surface area contributed by atoms with E-state index < -0.39 is 29.2 Å². The second-order valence-electron chi connectivity index (χ2n) is 9.98. The van der Waals surface area contributed by atoms with E-state index in [0.29, 0.717) is 48.2 Å². The highest BCUT2D eigenvalue weighted by Crippen LogP contribution is 2.35. The summed E-state index contributed by atoms with van der Waals surface area (Å²) in [6, 6.07) is 7.98. The van der Waals surface area contributed by atoms with Gasteiger partial charge >= 0.3 is 6.18 Å². The first-order chi connectivity index (χ1) is 20.7. The Hall–Kier alpha value is -4.87. The zero-order valence-corrected chi connectivity index (χ0v) is 23.0. The second kappa shape index (κ2) is 12.6. The van der Waals surface area contributed by atoms with Gasteiger partial charge in [-0.1, -0.05) is 24.3 Å². The molecule has 0 radical (unpaired) electrons. The molecule has 4 heterocycles. The third kappa shape index (κ3) is 6.32. The molecule has 3 N–H and O–H groups in total. The van der Waals surface area contributed by atoms with Crippen LogP contribution in [-0.2, 0) is 6.18 Å². The molecule has 4 aromatic rings. The lowest BCUT2D eigenvalue weighted by Crippen LogP contribution is -2.49. The molecule has 0 unspecified atom stereocenters. The predicted molar refractivity (Wildman–Crippen MR) is 153 cm³/mol. The molecule has 1 fully saturated rings. The van der Waals surface area contributed by atoms with Crippen molar-refractivity contribution >= 4 is 34.0 Å². The maximum atomic E-state index is 14.3. The molecule has 1 aromatic carbocycles. The second-order valence-corrected chi connectivity index (χ2v) is 9.98. The van der Waals surface area contributed by atoms with E-state index in [4.69, 9.17) is 12.3 Å². The zero-order valence-electron chi connectivity index (χ0n) is 23.0. The maximum Gasteiger partial charge on any atom is 0.434 e. The summed E-state index contributed by atoms with van der Waals surface area (Å²) >= 11 is 0. The Labute approximate surface area is 244 Å². The van der Waals surface area contributed by atoms with Crippen LogP contribution in [0, 0.1) is 6.57 Å². The fourth-order valence-corrected chi connectivity index (χ4v) is 5.01. The smallest absolute Gasteiger partial charge is 0.336 e. The zero-order chi connectivity index (χ0) is 30.6. The highest BCUT2D eigenvalue weighted by Gasteiger charge is 2.41. The van der Waals surface area contributed by atoms with E-state index in [-0.39, 0.29) is 22.8 Å². The van der Waals surface area contributed by atoms with Gasteiger partial charge in [0.2, 0.25) is 5.69 Å². The highest BCUT2D eigenvalue weighted by atomic mass is 19.4. The standard InChI is InChI=1S/C29H28F3N9O2/c1-34-23-14-20(16-36-25(23)28(43)40-12-10-39(11-13-40)9-5-4-8-33)38-27(42)22-17-37-41(26(22)29(30,31)32)24-18-35-15-19-6-2-3-7-21(19)24/h2-3,6-7,14-18H,4-5,8-13,33H2,(H,38,42). The molecule has 3 aromatic heterocycles. The average Bonchev–Trinajstić information content (AvgIpc) is 3.47. The lowest BCUT2D eigenvalue weighted by Gasteiger charge is -2.34. The van der Waals surface area contributed by atoms with Gasteiger partial charge in [-0.2, -0.15) is 18.3 Å². The van der Waals surface area contributed by atoms with Gasteiger partial charge in [-0.25, -0.2) is 9.53 Å². The first-order valence-electron chi connectivity index (χ1n) is 13.6. The normalized spacial score (nSPS) is 14.1. The number of piperazine rings is 1. The number of aromatic nitrogens is 4. The number of benzene rings is 1. The molecular formula is C29H28F3N9O2. The quantitative estimate of drug-likeness (QED) is 0.233. The maximum absolute atomic E-state index is 14.3. The molecule has 43 heavy (non-hydrogen) atoms. The van der Waals surface area contributed by atoms with Crippen LogP contribution in [0.2, 0.25) is 0 Å². The van der Waals surface area contributed by atoms with E-state index in [9.17, 15) is 22.8 Å². The number of rotatable bonds is 8. The van der Waals surface area contributed by atoms with Gasteiger partial charge in [-0.3, -0.25) is 24.5 Å². The Kier molecular flexibility index (Phi) is 8.65. The Morgan fingerprint density at radius 3 is 2.53 bits per heavy atom. The van der Waals surface area contributed by atoms with Gasteiger partial charge in [0, 0.05) is 55.0 Å². The van der Waals surface area contributed by atoms with Crippen LogP contribution in [0.1, 0.15) is 39.4 Å². The summed E-state index contributed by atoms with van der Waals surface area (Å²) in [5, 5.41) is 7.33. The average molecular weight is 592 g/mol. The molecule has 5 rings (SSSR count). The predicted octanol–water partition coefficient (Wildman–Crippen LogP) is 4.13. The van der Waals surface area contributed by atoms with Crippen molar-refractivity contribution in [1.82, 2.24) is 29.5 Å². The minimum Gasteiger partial charge on any atom is -0.336 e. The van der Waals surface area contributed by atoms with Crippen molar-refractivity contribution in [3.05, 3.63) is 83.5 Å². The molecular weight excluding hydrogens is 563 g/mol. The summed E-state index contributed by atoms with van der Waals surface area (Å²) in [4.78, 5) is 41.6. The van der Waals surface area contributed by atoms with Crippen LogP contribution in [0.4, 0.5) is 24.5 Å². The number of unbranched alkanes of at least 4 members (excludes halogenated alkanes) is 1. The molecule has 0 aliphatic carbocycles. The van der Waals surface area contributed by atoms with Gasteiger partial charge in [-0.15, -0.1) is 0 Å². The Morgan fingerprint density at radius 2 is 1.81 bits per heavy atom. The van der Waals surface area contributed by atoms with Crippen LogP contribution in [-0.4, -0.2) is 80.6 Å². The highest BCUT2D eigenvalue weighted by molar-refractivity contribution is 6.06. The number of pyridine rings is 2. The fourth-order valence-electron chi connectivity index (χ4n) is 5.01. The summed E-state index contributed by atoms with van der Waals surface area (Å²) in [7, 11) is 0. The number of anilines is 1. The summed E-state index contributed by atoms with van der Waals surface area (Å²) in [5.41, 5.74) is 3.35. The summed E-state index contributed by atoms with van der Waals surface area (Å²) in [6.07, 6.45) is 1.71. The van der Waals surface area contributed by atoms with Gasteiger partial charge in [0.1, 0.15) is 5.69 Å². The molecule has 0 spiro atoms. The van der Waals surface area contributed by atoms with Crippen molar-refractivity contribution in [2.24, 2.45) is 5.73 Å². The topological polar surface area (TPSA) is 127 Å². The minimum absolute atomic E-state index is 0.0371. The number of nitrogens with one attached hydrogen (secondary N) is 1. The first-order valence-corrected chi connectivity index (χ1v) is 13.6. The van der Waals surface area contributed by atoms with Crippen LogP contribution < -0.4 is 11.1 Å². The minimum atomic E-state index is -4.94. The number of fused-ring (bicyclic) bond motifs is 1. The van der Waals surface area contributed by atoms with Crippen molar-refractivity contribution in [3.63, 3.8) is 0 Å². The van der Waals surface area contributed by atoms with Crippen LogP contribution in [0.25, 0.3) is 21.3 Å². The lowest BCUT2D eigenvalue weighted by atomic mass is 10.1. The molecule has 2 amide bonds. The van der Waals surface area contributed by atoms with Crippen molar-refractivity contribution in [2.45, 2.75) is 19.0 Å². The Bertz CT molecular complexity index is 1680. The molecule has 1 saturated heterocycles. The monoisotopic (exact) mass is 591 g/mol. The molecule has 14 heteroatoms. The number of hydrogen-bond acceptors (Lipinski definition) is 7. The molecule has 222 valence electrons. The molecule has 1 aliphatic rings. The number of carbonyl (C=O) groups excluding carboxylic acids is 2. The van der Waals surface area contributed by atoms with Crippen molar-refractivity contribution in [1.29, 1.82) is 0 Å². The van der Waals surface area contributed by atoms with Crippen LogP contribution in [0.3, 0.4) is 0 Å². The number of halogens is 3. The molecule has 0 atom stereocenters. The number of amides is 2. The van der Waals surface area contributed by atoms with Crippen molar-refractivity contribution in [2.75, 3.05) is 44.6 Å². The number of nitrogens with two attached hydrogens (primary N) is 1. The van der Waals surface area contributed by atoms with E-state index in [2.05, 4.69) is 30.1 Å². The van der Waals surface area contributed by atoms with E-state index in [1.54, 1.807) is 29.2 Å².